The number of para-hydroxylation sites is 1. The van der Waals surface area contributed by atoms with Crippen LogP contribution in [0.15, 0.2) is 48.5 Å². The number of aromatic carboxylic acids is 1. The first-order chi connectivity index (χ1) is 11.6. The largest absolute Gasteiger partial charge is 0.496 e. The van der Waals surface area contributed by atoms with E-state index in [1.165, 1.54) is 13.2 Å². The first-order valence-electron chi connectivity index (χ1n) is 7.45. The van der Waals surface area contributed by atoms with Crippen LogP contribution in [0.1, 0.15) is 21.5 Å². The van der Waals surface area contributed by atoms with Gasteiger partial charge in [0.05, 0.1) is 7.11 Å². The molecule has 2 aromatic carbocycles. The third-order valence-electron chi connectivity index (χ3n) is 3.41. The lowest BCUT2D eigenvalue weighted by molar-refractivity contribution is 0.0693. The molecule has 2 aromatic rings. The van der Waals surface area contributed by atoms with Crippen molar-refractivity contribution in [3.8, 4) is 5.75 Å². The Hall–Kier alpha value is -3.02. The fraction of sp³-hybridized carbons (Fsp3) is 0.222. The minimum absolute atomic E-state index is 0.0988. The van der Waals surface area contributed by atoms with Crippen LogP contribution in [-0.4, -0.2) is 30.8 Å². The summed E-state index contributed by atoms with van der Waals surface area (Å²) in [4.78, 5) is 22.8. The van der Waals surface area contributed by atoms with Gasteiger partial charge in [-0.05, 0) is 23.6 Å². The number of carbonyl (C=O) groups excluding carboxylic acids is 1. The molecule has 0 radical (unpaired) electrons. The second-order valence-corrected chi connectivity index (χ2v) is 5.04. The van der Waals surface area contributed by atoms with Crippen molar-refractivity contribution in [3.63, 3.8) is 0 Å². The maximum atomic E-state index is 11.7. The van der Waals surface area contributed by atoms with Gasteiger partial charge in [0.2, 0.25) is 0 Å². The molecule has 0 atom stereocenters. The Kier molecular flexibility index (Phi) is 6.19. The van der Waals surface area contributed by atoms with Gasteiger partial charge in [0.25, 0.3) is 0 Å². The van der Waals surface area contributed by atoms with Crippen LogP contribution in [0.25, 0.3) is 0 Å². The summed E-state index contributed by atoms with van der Waals surface area (Å²) in [6.07, 6.45) is -0.0859. The van der Waals surface area contributed by atoms with Crippen LogP contribution in [0.2, 0.25) is 0 Å². The normalized spacial score (nSPS) is 10.0. The lowest BCUT2D eigenvalue weighted by atomic mass is 10.1. The smallest absolute Gasteiger partial charge is 0.407 e. The van der Waals surface area contributed by atoms with Gasteiger partial charge in [-0.1, -0.05) is 42.5 Å². The number of nitrogens with one attached hydrogen (secondary N) is 1. The minimum Gasteiger partial charge on any atom is -0.496 e. The number of amides is 1. The van der Waals surface area contributed by atoms with Crippen molar-refractivity contribution in [3.05, 3.63) is 65.2 Å². The summed E-state index contributed by atoms with van der Waals surface area (Å²) >= 11 is 0. The Balaban J connectivity index is 1.84. The number of alkyl carbamates (subject to hydrolysis) is 1. The zero-order valence-corrected chi connectivity index (χ0v) is 13.3. The van der Waals surface area contributed by atoms with Crippen LogP contribution >= 0.6 is 0 Å². The van der Waals surface area contributed by atoms with E-state index in [1.807, 2.05) is 30.3 Å². The van der Waals surface area contributed by atoms with E-state index in [9.17, 15) is 9.59 Å². The van der Waals surface area contributed by atoms with Gasteiger partial charge >= 0.3 is 12.1 Å². The number of hydrogen-bond acceptors (Lipinski definition) is 4. The maximum Gasteiger partial charge on any atom is 0.407 e. The maximum absolute atomic E-state index is 11.7. The summed E-state index contributed by atoms with van der Waals surface area (Å²) in [6, 6.07) is 14.3. The highest BCUT2D eigenvalue weighted by molar-refractivity contribution is 5.91. The summed E-state index contributed by atoms with van der Waals surface area (Å²) in [7, 11) is 1.42. The molecular weight excluding hydrogens is 310 g/mol. The number of carboxylic acids is 1. The molecule has 0 aliphatic rings. The molecule has 0 saturated carbocycles. The molecule has 126 valence electrons. The molecule has 2 N–H and O–H groups in total. The fourth-order valence-corrected chi connectivity index (χ4v) is 2.26. The van der Waals surface area contributed by atoms with E-state index >= 15 is 0 Å². The van der Waals surface area contributed by atoms with E-state index in [4.69, 9.17) is 14.6 Å². The van der Waals surface area contributed by atoms with Gasteiger partial charge in [-0.15, -0.1) is 0 Å². The Morgan fingerprint density at radius 1 is 1.08 bits per heavy atom. The van der Waals surface area contributed by atoms with Crippen LogP contribution in [0.5, 0.6) is 5.75 Å². The van der Waals surface area contributed by atoms with Gasteiger partial charge in [0.1, 0.15) is 17.9 Å². The number of carboxylic acid groups (broad SMARTS) is 1. The SMILES string of the molecule is COc1c(CCNC(=O)OCc2ccccc2)cccc1C(=O)O. The second kappa shape index (κ2) is 8.57. The summed E-state index contributed by atoms with van der Waals surface area (Å²) in [6.45, 7) is 0.511. The first-order valence-corrected chi connectivity index (χ1v) is 7.45. The van der Waals surface area contributed by atoms with Gasteiger partial charge in [0, 0.05) is 6.54 Å². The van der Waals surface area contributed by atoms with Crippen molar-refractivity contribution in [1.29, 1.82) is 0 Å². The number of benzene rings is 2. The fourth-order valence-electron chi connectivity index (χ4n) is 2.26. The van der Waals surface area contributed by atoms with E-state index in [2.05, 4.69) is 5.32 Å². The molecule has 0 heterocycles. The lowest BCUT2D eigenvalue weighted by Gasteiger charge is -2.12. The number of ether oxygens (including phenoxy) is 2. The Morgan fingerprint density at radius 2 is 1.83 bits per heavy atom. The standard InChI is InChI=1S/C18H19NO5/c1-23-16-14(8-5-9-15(16)17(20)21)10-11-19-18(22)24-12-13-6-3-2-4-7-13/h2-9H,10-12H2,1H3,(H,19,22)(H,20,21). The third-order valence-corrected chi connectivity index (χ3v) is 3.41. The van der Waals surface area contributed by atoms with Gasteiger partial charge in [-0.3, -0.25) is 0 Å². The molecule has 6 nitrogen and oxygen atoms in total. The van der Waals surface area contributed by atoms with Crippen molar-refractivity contribution in [2.24, 2.45) is 0 Å². The molecule has 24 heavy (non-hydrogen) atoms. The Morgan fingerprint density at radius 3 is 2.50 bits per heavy atom. The molecule has 0 bridgehead atoms. The second-order valence-electron chi connectivity index (χ2n) is 5.04. The lowest BCUT2D eigenvalue weighted by Crippen LogP contribution is -2.26. The van der Waals surface area contributed by atoms with Crippen LogP contribution in [-0.2, 0) is 17.8 Å². The first kappa shape index (κ1) is 17.3. The monoisotopic (exact) mass is 329 g/mol. The van der Waals surface area contributed by atoms with Crippen molar-refractivity contribution in [2.75, 3.05) is 13.7 Å². The van der Waals surface area contributed by atoms with Crippen LogP contribution in [0, 0.1) is 0 Å². The molecule has 0 spiro atoms. The van der Waals surface area contributed by atoms with Crippen molar-refractivity contribution >= 4 is 12.1 Å². The molecule has 6 heteroatoms. The summed E-state index contributed by atoms with van der Waals surface area (Å²) in [5.41, 5.74) is 1.71. The van der Waals surface area contributed by atoms with Gasteiger partial charge < -0.3 is 19.9 Å². The quantitative estimate of drug-likeness (QED) is 0.816. The zero-order valence-electron chi connectivity index (χ0n) is 13.3. The molecule has 0 unspecified atom stereocenters. The van der Waals surface area contributed by atoms with E-state index < -0.39 is 12.1 Å². The average molecular weight is 329 g/mol. The van der Waals surface area contributed by atoms with Crippen molar-refractivity contribution in [1.82, 2.24) is 5.32 Å². The third kappa shape index (κ3) is 4.74. The average Bonchev–Trinajstić information content (AvgIpc) is 2.60. The molecular formula is C18H19NO5. The van der Waals surface area contributed by atoms with Gasteiger partial charge in [-0.25, -0.2) is 9.59 Å². The van der Waals surface area contributed by atoms with E-state index in [1.54, 1.807) is 12.1 Å². The van der Waals surface area contributed by atoms with Crippen molar-refractivity contribution in [2.45, 2.75) is 13.0 Å². The van der Waals surface area contributed by atoms with E-state index in [-0.39, 0.29) is 12.2 Å². The van der Waals surface area contributed by atoms with Crippen LogP contribution < -0.4 is 10.1 Å². The number of hydrogen-bond donors (Lipinski definition) is 2. The molecule has 0 fully saturated rings. The molecule has 1 amide bonds. The Labute approximate surface area is 140 Å². The number of rotatable bonds is 7. The van der Waals surface area contributed by atoms with Gasteiger partial charge in [0.15, 0.2) is 0 Å². The van der Waals surface area contributed by atoms with E-state index in [0.717, 1.165) is 5.56 Å². The Bertz CT molecular complexity index is 700. The topological polar surface area (TPSA) is 84.9 Å². The van der Waals surface area contributed by atoms with E-state index in [0.29, 0.717) is 24.3 Å². The molecule has 0 aliphatic heterocycles. The number of methoxy groups -OCH3 is 1. The summed E-state index contributed by atoms with van der Waals surface area (Å²) in [5.74, 6) is -0.742. The minimum atomic E-state index is -1.05. The van der Waals surface area contributed by atoms with Crippen molar-refractivity contribution < 1.29 is 24.2 Å². The summed E-state index contributed by atoms with van der Waals surface area (Å²) < 4.78 is 10.3. The zero-order chi connectivity index (χ0) is 17.4. The van der Waals surface area contributed by atoms with Crippen LogP contribution in [0.3, 0.4) is 0 Å². The molecule has 2 rings (SSSR count). The highest BCUT2D eigenvalue weighted by Crippen LogP contribution is 2.24. The predicted octanol–water partition coefficient (Wildman–Crippen LogP) is 2.86. The van der Waals surface area contributed by atoms with Crippen LogP contribution in [0.4, 0.5) is 4.79 Å². The van der Waals surface area contributed by atoms with Gasteiger partial charge in [-0.2, -0.15) is 0 Å². The molecule has 0 aliphatic carbocycles. The highest BCUT2D eigenvalue weighted by Gasteiger charge is 2.14. The molecule has 0 aromatic heterocycles. The highest BCUT2D eigenvalue weighted by atomic mass is 16.5. The number of carbonyl (C=O) groups is 2. The summed E-state index contributed by atoms with van der Waals surface area (Å²) in [5, 5.41) is 11.8. The predicted molar refractivity (Wildman–Crippen MR) is 88.3 cm³/mol. The molecule has 0 saturated heterocycles.